The second-order valence-electron chi connectivity index (χ2n) is 4.43. The molecule has 1 fully saturated rings. The van der Waals surface area contributed by atoms with Gasteiger partial charge in [0.25, 0.3) is 0 Å². The van der Waals surface area contributed by atoms with Crippen molar-refractivity contribution in [3.63, 3.8) is 0 Å². The molecular weight excluding hydrogens is 194 g/mol. The van der Waals surface area contributed by atoms with Gasteiger partial charge in [-0.05, 0) is 5.41 Å². The molecule has 0 bridgehead atoms. The molecule has 2 rings (SSSR count). The monoisotopic (exact) mass is 207 g/mol. The van der Waals surface area contributed by atoms with E-state index in [-0.39, 0.29) is 23.9 Å². The predicted molar refractivity (Wildman–Crippen MR) is 50.7 cm³/mol. The molecule has 0 aliphatic heterocycles. The number of aliphatic hydroxyl groups excluding tert-OH is 1. The molecule has 1 aliphatic rings. The summed E-state index contributed by atoms with van der Waals surface area (Å²) in [5.74, 6) is 1.03. The van der Waals surface area contributed by atoms with E-state index in [1.54, 1.807) is 0 Å². The summed E-state index contributed by atoms with van der Waals surface area (Å²) in [7, 11) is 0. The average Bonchev–Trinajstić information content (AvgIpc) is 2.57. The van der Waals surface area contributed by atoms with Crippen molar-refractivity contribution in [1.29, 1.82) is 5.26 Å². The number of nitrogens with zero attached hydrogens (tertiary/aromatic N) is 3. The number of hydrogen-bond acceptors (Lipinski definition) is 5. The lowest BCUT2D eigenvalue weighted by atomic mass is 10.1. The third kappa shape index (κ3) is 1.51. The van der Waals surface area contributed by atoms with Crippen LogP contribution in [0.15, 0.2) is 4.52 Å². The van der Waals surface area contributed by atoms with Crippen molar-refractivity contribution in [3.05, 3.63) is 11.7 Å². The summed E-state index contributed by atoms with van der Waals surface area (Å²) < 4.78 is 5.09. The Morgan fingerprint density at radius 1 is 1.60 bits per heavy atom. The van der Waals surface area contributed by atoms with Gasteiger partial charge in [-0.2, -0.15) is 10.2 Å². The van der Waals surface area contributed by atoms with Gasteiger partial charge in [0.05, 0.1) is 24.5 Å². The first-order valence-corrected chi connectivity index (χ1v) is 4.94. The first kappa shape index (κ1) is 10.1. The second-order valence-corrected chi connectivity index (χ2v) is 4.43. The van der Waals surface area contributed by atoms with Crippen molar-refractivity contribution < 1.29 is 9.63 Å². The number of hydrogen-bond donors (Lipinski definition) is 1. The zero-order valence-corrected chi connectivity index (χ0v) is 8.77. The van der Waals surface area contributed by atoms with Crippen molar-refractivity contribution in [2.45, 2.75) is 26.2 Å². The maximum absolute atomic E-state index is 8.90. The summed E-state index contributed by atoms with van der Waals surface area (Å²) in [6.07, 6.45) is 0.397. The minimum atomic E-state index is -0.0717. The Hall–Kier alpha value is -1.41. The molecule has 0 saturated heterocycles. The molecule has 0 spiro atoms. The maximum atomic E-state index is 8.90. The highest BCUT2D eigenvalue weighted by Crippen LogP contribution is 2.63. The topological polar surface area (TPSA) is 82.9 Å². The van der Waals surface area contributed by atoms with E-state index in [9.17, 15) is 0 Å². The first-order valence-electron chi connectivity index (χ1n) is 4.94. The second kappa shape index (κ2) is 3.31. The molecule has 1 heterocycles. The molecule has 2 atom stereocenters. The molecular formula is C10H13N3O2. The Bertz CT molecular complexity index is 405. The summed E-state index contributed by atoms with van der Waals surface area (Å²) in [6.45, 7) is 4.04. The minimum Gasteiger partial charge on any atom is -0.396 e. The largest absolute Gasteiger partial charge is 0.396 e. The lowest BCUT2D eigenvalue weighted by Crippen LogP contribution is -1.94. The molecule has 0 radical (unpaired) electrons. The molecule has 80 valence electrons. The third-order valence-electron chi connectivity index (χ3n) is 3.05. The van der Waals surface area contributed by atoms with Gasteiger partial charge in [-0.15, -0.1) is 0 Å². The number of nitriles is 1. The molecule has 15 heavy (non-hydrogen) atoms. The van der Waals surface area contributed by atoms with Gasteiger partial charge in [-0.1, -0.05) is 19.0 Å². The zero-order chi connectivity index (χ0) is 11.1. The highest BCUT2D eigenvalue weighted by molar-refractivity contribution is 5.26. The molecule has 5 nitrogen and oxygen atoms in total. The van der Waals surface area contributed by atoms with Crippen molar-refractivity contribution in [1.82, 2.24) is 10.1 Å². The van der Waals surface area contributed by atoms with E-state index in [2.05, 4.69) is 16.2 Å². The van der Waals surface area contributed by atoms with Crippen LogP contribution in [0.3, 0.4) is 0 Å². The quantitative estimate of drug-likeness (QED) is 0.795. The standard InChI is InChI=1S/C10H13N3O2/c1-10(2)6(5-11)8(10)9-12-7(3-4-14)13-15-9/h6,8,14H,3-4H2,1-2H3. The number of aliphatic hydroxyl groups is 1. The molecule has 0 aromatic carbocycles. The average molecular weight is 207 g/mol. The van der Waals surface area contributed by atoms with Crippen LogP contribution in [0.4, 0.5) is 0 Å². The Kier molecular flexibility index (Phi) is 2.24. The number of aromatic nitrogens is 2. The van der Waals surface area contributed by atoms with E-state index in [4.69, 9.17) is 14.9 Å². The van der Waals surface area contributed by atoms with Gasteiger partial charge in [0, 0.05) is 6.42 Å². The fraction of sp³-hybridized carbons (Fsp3) is 0.700. The lowest BCUT2D eigenvalue weighted by molar-refractivity contribution is 0.292. The van der Waals surface area contributed by atoms with Crippen LogP contribution in [0.1, 0.15) is 31.5 Å². The van der Waals surface area contributed by atoms with Gasteiger partial charge in [-0.3, -0.25) is 0 Å². The highest BCUT2D eigenvalue weighted by Gasteiger charge is 2.62. The van der Waals surface area contributed by atoms with E-state index in [0.29, 0.717) is 18.1 Å². The fourth-order valence-corrected chi connectivity index (χ4v) is 1.93. The Morgan fingerprint density at radius 3 is 2.87 bits per heavy atom. The molecule has 5 heteroatoms. The predicted octanol–water partition coefficient (Wildman–Crippen LogP) is 0.868. The number of rotatable bonds is 3. The van der Waals surface area contributed by atoms with Crippen molar-refractivity contribution in [3.8, 4) is 6.07 Å². The highest BCUT2D eigenvalue weighted by atomic mass is 16.5. The van der Waals surface area contributed by atoms with Crippen LogP contribution in [-0.2, 0) is 6.42 Å². The maximum Gasteiger partial charge on any atom is 0.231 e. The zero-order valence-electron chi connectivity index (χ0n) is 8.77. The first-order chi connectivity index (χ1) is 7.11. The van der Waals surface area contributed by atoms with Crippen LogP contribution in [0.25, 0.3) is 0 Å². The van der Waals surface area contributed by atoms with Gasteiger partial charge >= 0.3 is 0 Å². The molecule has 0 amide bonds. The van der Waals surface area contributed by atoms with E-state index >= 15 is 0 Å². The van der Waals surface area contributed by atoms with Gasteiger partial charge < -0.3 is 9.63 Å². The van der Waals surface area contributed by atoms with Gasteiger partial charge in [0.1, 0.15) is 0 Å². The van der Waals surface area contributed by atoms with Gasteiger partial charge in [0.15, 0.2) is 5.82 Å². The van der Waals surface area contributed by atoms with E-state index < -0.39 is 0 Å². The minimum absolute atomic E-state index is 0.00864. The van der Waals surface area contributed by atoms with Gasteiger partial charge in [0.2, 0.25) is 5.89 Å². The Balaban J connectivity index is 2.15. The lowest BCUT2D eigenvalue weighted by Gasteiger charge is -1.95. The van der Waals surface area contributed by atoms with E-state index in [1.165, 1.54) is 0 Å². The van der Waals surface area contributed by atoms with Crippen LogP contribution in [0.2, 0.25) is 0 Å². The van der Waals surface area contributed by atoms with Crippen molar-refractivity contribution >= 4 is 0 Å². The van der Waals surface area contributed by atoms with Crippen molar-refractivity contribution in [2.24, 2.45) is 11.3 Å². The molecule has 2 unspecified atom stereocenters. The van der Waals surface area contributed by atoms with Crippen LogP contribution >= 0.6 is 0 Å². The molecule has 1 aromatic heterocycles. The molecule has 1 N–H and O–H groups in total. The molecule has 1 aromatic rings. The van der Waals surface area contributed by atoms with Crippen LogP contribution < -0.4 is 0 Å². The summed E-state index contributed by atoms with van der Waals surface area (Å²) >= 11 is 0. The molecule has 1 aliphatic carbocycles. The van der Waals surface area contributed by atoms with Gasteiger partial charge in [-0.25, -0.2) is 0 Å². The third-order valence-corrected chi connectivity index (χ3v) is 3.05. The van der Waals surface area contributed by atoms with E-state index in [1.807, 2.05) is 13.8 Å². The van der Waals surface area contributed by atoms with Crippen molar-refractivity contribution in [2.75, 3.05) is 6.61 Å². The smallest absolute Gasteiger partial charge is 0.231 e. The van der Waals surface area contributed by atoms with Crippen LogP contribution in [-0.4, -0.2) is 21.9 Å². The Labute approximate surface area is 87.7 Å². The fourth-order valence-electron chi connectivity index (χ4n) is 1.93. The summed E-state index contributed by atoms with van der Waals surface area (Å²) in [4.78, 5) is 4.17. The normalized spacial score (nSPS) is 27.3. The van der Waals surface area contributed by atoms with Crippen LogP contribution in [0, 0.1) is 22.7 Å². The molecule has 1 saturated carbocycles. The summed E-state index contributed by atoms with van der Waals surface area (Å²) in [6, 6.07) is 2.24. The van der Waals surface area contributed by atoms with E-state index in [0.717, 1.165) is 0 Å². The Morgan fingerprint density at radius 2 is 2.33 bits per heavy atom. The SMILES string of the molecule is CC1(C)C(C#N)C1c1nc(CCO)no1. The summed E-state index contributed by atoms with van der Waals surface area (Å²) in [5, 5.41) is 21.4. The van der Waals surface area contributed by atoms with Crippen LogP contribution in [0.5, 0.6) is 0 Å². The summed E-state index contributed by atoms with van der Waals surface area (Å²) in [5.41, 5.74) is -0.0717.